The SMILES string of the molecule is Cc1cnc(N2CCN(c3ccc(F)cc3Cl)CC2)nc1. The molecule has 21 heavy (non-hydrogen) atoms. The van der Waals surface area contributed by atoms with Crippen molar-refractivity contribution >= 4 is 23.2 Å². The van der Waals surface area contributed by atoms with E-state index in [1.165, 1.54) is 12.1 Å². The van der Waals surface area contributed by atoms with E-state index in [1.807, 2.05) is 19.3 Å². The lowest BCUT2D eigenvalue weighted by Gasteiger charge is -2.36. The van der Waals surface area contributed by atoms with Crippen LogP contribution in [0, 0.1) is 12.7 Å². The van der Waals surface area contributed by atoms with Crippen LogP contribution < -0.4 is 9.80 Å². The minimum absolute atomic E-state index is 0.310. The van der Waals surface area contributed by atoms with Gasteiger partial charge < -0.3 is 9.80 Å². The van der Waals surface area contributed by atoms with Crippen molar-refractivity contribution in [3.8, 4) is 0 Å². The fraction of sp³-hybridized carbons (Fsp3) is 0.333. The molecule has 0 atom stereocenters. The Kier molecular flexibility index (Phi) is 3.92. The van der Waals surface area contributed by atoms with Crippen LogP contribution in [0.1, 0.15) is 5.56 Å². The predicted octanol–water partition coefficient (Wildman–Crippen LogP) is 2.90. The van der Waals surface area contributed by atoms with Crippen LogP contribution in [0.4, 0.5) is 16.0 Å². The summed E-state index contributed by atoms with van der Waals surface area (Å²) in [5.74, 6) is 0.445. The molecule has 2 aromatic rings. The summed E-state index contributed by atoms with van der Waals surface area (Å²) >= 11 is 6.11. The number of nitrogens with zero attached hydrogens (tertiary/aromatic N) is 4. The first-order valence-electron chi connectivity index (χ1n) is 6.87. The van der Waals surface area contributed by atoms with Crippen molar-refractivity contribution in [2.24, 2.45) is 0 Å². The van der Waals surface area contributed by atoms with Gasteiger partial charge in [0.15, 0.2) is 0 Å². The van der Waals surface area contributed by atoms with E-state index >= 15 is 0 Å². The topological polar surface area (TPSA) is 32.3 Å². The molecule has 1 aromatic carbocycles. The molecule has 110 valence electrons. The maximum absolute atomic E-state index is 13.1. The molecule has 0 amide bonds. The lowest BCUT2D eigenvalue weighted by Crippen LogP contribution is -2.47. The number of rotatable bonds is 2. The molecule has 1 aliphatic heterocycles. The first kappa shape index (κ1) is 14.1. The second-order valence-electron chi connectivity index (χ2n) is 5.13. The van der Waals surface area contributed by atoms with Gasteiger partial charge >= 0.3 is 0 Å². The molecule has 4 nitrogen and oxygen atoms in total. The lowest BCUT2D eigenvalue weighted by molar-refractivity contribution is 0.623. The molecule has 6 heteroatoms. The highest BCUT2D eigenvalue weighted by Crippen LogP contribution is 2.27. The second kappa shape index (κ2) is 5.85. The number of anilines is 2. The fourth-order valence-corrected chi connectivity index (χ4v) is 2.72. The minimum atomic E-state index is -0.310. The zero-order valence-electron chi connectivity index (χ0n) is 11.8. The zero-order chi connectivity index (χ0) is 14.8. The Bertz CT molecular complexity index is 624. The van der Waals surface area contributed by atoms with Gasteiger partial charge in [-0.1, -0.05) is 11.6 Å². The Labute approximate surface area is 128 Å². The number of hydrogen-bond donors (Lipinski definition) is 0. The summed E-state index contributed by atoms with van der Waals surface area (Å²) < 4.78 is 13.1. The molecule has 0 radical (unpaired) electrons. The summed E-state index contributed by atoms with van der Waals surface area (Å²) in [4.78, 5) is 13.0. The van der Waals surface area contributed by atoms with Crippen molar-refractivity contribution < 1.29 is 4.39 Å². The molecule has 0 spiro atoms. The number of piperazine rings is 1. The molecule has 0 bridgehead atoms. The molecule has 1 aromatic heterocycles. The highest BCUT2D eigenvalue weighted by molar-refractivity contribution is 6.33. The first-order chi connectivity index (χ1) is 10.1. The van der Waals surface area contributed by atoms with Crippen LogP contribution in [0.3, 0.4) is 0 Å². The Hall–Kier alpha value is -1.88. The number of halogens is 2. The van der Waals surface area contributed by atoms with Crippen molar-refractivity contribution in [1.82, 2.24) is 9.97 Å². The van der Waals surface area contributed by atoms with Gasteiger partial charge in [-0.25, -0.2) is 14.4 Å². The van der Waals surface area contributed by atoms with Crippen molar-refractivity contribution in [3.63, 3.8) is 0 Å². The molecule has 0 unspecified atom stereocenters. The van der Waals surface area contributed by atoms with Crippen LogP contribution >= 0.6 is 11.6 Å². The summed E-state index contributed by atoms with van der Waals surface area (Å²) in [6.07, 6.45) is 3.65. The fourth-order valence-electron chi connectivity index (χ4n) is 2.43. The van der Waals surface area contributed by atoms with Gasteiger partial charge in [-0.3, -0.25) is 0 Å². The maximum Gasteiger partial charge on any atom is 0.225 e. The number of aryl methyl sites for hydroxylation is 1. The summed E-state index contributed by atoms with van der Waals surface area (Å²) in [5, 5.41) is 0.454. The van der Waals surface area contributed by atoms with Crippen molar-refractivity contribution in [2.75, 3.05) is 36.0 Å². The first-order valence-corrected chi connectivity index (χ1v) is 7.25. The van der Waals surface area contributed by atoms with Crippen LogP contribution in [0.15, 0.2) is 30.6 Å². The Morgan fingerprint density at radius 2 is 1.67 bits per heavy atom. The van der Waals surface area contributed by atoms with Gasteiger partial charge in [-0.2, -0.15) is 0 Å². The van der Waals surface area contributed by atoms with Crippen molar-refractivity contribution in [3.05, 3.63) is 47.0 Å². The minimum Gasteiger partial charge on any atom is -0.367 e. The quantitative estimate of drug-likeness (QED) is 0.854. The number of aromatic nitrogens is 2. The third-order valence-electron chi connectivity index (χ3n) is 3.58. The Balaban J connectivity index is 1.68. The van der Waals surface area contributed by atoms with E-state index in [1.54, 1.807) is 6.07 Å². The van der Waals surface area contributed by atoms with Crippen LogP contribution in [-0.4, -0.2) is 36.1 Å². The molecule has 2 heterocycles. The third-order valence-corrected chi connectivity index (χ3v) is 3.88. The van der Waals surface area contributed by atoms with E-state index in [4.69, 9.17) is 11.6 Å². The average Bonchev–Trinajstić information content (AvgIpc) is 2.48. The highest BCUT2D eigenvalue weighted by Gasteiger charge is 2.20. The zero-order valence-corrected chi connectivity index (χ0v) is 12.5. The van der Waals surface area contributed by atoms with Gasteiger partial charge in [0.25, 0.3) is 0 Å². The van der Waals surface area contributed by atoms with E-state index in [0.717, 1.165) is 43.4 Å². The molecule has 0 N–H and O–H groups in total. The molecule has 1 fully saturated rings. The van der Waals surface area contributed by atoms with Gasteiger partial charge in [-0.15, -0.1) is 0 Å². The van der Waals surface area contributed by atoms with Gasteiger partial charge in [0.05, 0.1) is 10.7 Å². The second-order valence-corrected chi connectivity index (χ2v) is 5.54. The molecule has 1 aliphatic rings. The third kappa shape index (κ3) is 3.08. The van der Waals surface area contributed by atoms with E-state index < -0.39 is 0 Å². The van der Waals surface area contributed by atoms with Gasteiger partial charge in [0.2, 0.25) is 5.95 Å². The molecule has 1 saturated heterocycles. The smallest absolute Gasteiger partial charge is 0.225 e. The summed E-state index contributed by atoms with van der Waals surface area (Å²) in [5.41, 5.74) is 1.93. The summed E-state index contributed by atoms with van der Waals surface area (Å²) in [7, 11) is 0. The van der Waals surface area contributed by atoms with Crippen molar-refractivity contribution in [1.29, 1.82) is 0 Å². The van der Waals surface area contributed by atoms with E-state index in [-0.39, 0.29) is 5.82 Å². The Morgan fingerprint density at radius 3 is 2.29 bits per heavy atom. The van der Waals surface area contributed by atoms with Crippen LogP contribution in [-0.2, 0) is 0 Å². The summed E-state index contributed by atoms with van der Waals surface area (Å²) in [6.45, 7) is 5.22. The largest absolute Gasteiger partial charge is 0.367 e. The predicted molar refractivity (Wildman–Crippen MR) is 82.6 cm³/mol. The molecular weight excluding hydrogens is 291 g/mol. The van der Waals surface area contributed by atoms with Gasteiger partial charge in [-0.05, 0) is 30.7 Å². The van der Waals surface area contributed by atoms with Crippen LogP contribution in [0.5, 0.6) is 0 Å². The van der Waals surface area contributed by atoms with Crippen LogP contribution in [0.25, 0.3) is 0 Å². The van der Waals surface area contributed by atoms with Crippen LogP contribution in [0.2, 0.25) is 5.02 Å². The lowest BCUT2D eigenvalue weighted by atomic mass is 10.2. The van der Waals surface area contributed by atoms with E-state index in [0.29, 0.717) is 5.02 Å². The molecule has 0 saturated carbocycles. The average molecular weight is 307 g/mol. The van der Waals surface area contributed by atoms with Crippen molar-refractivity contribution in [2.45, 2.75) is 6.92 Å². The Morgan fingerprint density at radius 1 is 1.05 bits per heavy atom. The molecule has 0 aliphatic carbocycles. The van der Waals surface area contributed by atoms with Gasteiger partial charge in [0.1, 0.15) is 5.82 Å². The monoisotopic (exact) mass is 306 g/mol. The normalized spacial score (nSPS) is 15.4. The number of hydrogen-bond acceptors (Lipinski definition) is 4. The van der Waals surface area contributed by atoms with E-state index in [9.17, 15) is 4.39 Å². The maximum atomic E-state index is 13.1. The number of benzene rings is 1. The van der Waals surface area contributed by atoms with E-state index in [2.05, 4.69) is 19.8 Å². The standard InChI is InChI=1S/C15H16ClFN4/c1-11-9-18-15(19-10-11)21-6-4-20(5-7-21)14-3-2-12(17)8-13(14)16/h2-3,8-10H,4-7H2,1H3. The van der Waals surface area contributed by atoms with Gasteiger partial charge in [0, 0.05) is 38.6 Å². The summed E-state index contributed by atoms with van der Waals surface area (Å²) in [6, 6.07) is 4.53. The molecular formula is C15H16ClFN4. The molecule has 3 rings (SSSR count). The highest BCUT2D eigenvalue weighted by atomic mass is 35.5.